The average Bonchev–Trinajstić information content (AvgIpc) is 2.87. The zero-order valence-corrected chi connectivity index (χ0v) is 11.9. The number of aromatic nitrogens is 2. The second-order valence-electron chi connectivity index (χ2n) is 4.73. The summed E-state index contributed by atoms with van der Waals surface area (Å²) < 4.78 is 1.59. The van der Waals surface area contributed by atoms with Crippen molar-refractivity contribution in [3.63, 3.8) is 0 Å². The number of carbonyl (C=O) groups is 1. The molecule has 2 rings (SSSR count). The highest BCUT2D eigenvalue weighted by molar-refractivity contribution is 6.05. The van der Waals surface area contributed by atoms with Gasteiger partial charge < -0.3 is 10.6 Å². The third kappa shape index (κ3) is 2.88. The van der Waals surface area contributed by atoms with Gasteiger partial charge in [-0.25, -0.2) is 0 Å². The first-order valence-electron chi connectivity index (χ1n) is 6.70. The summed E-state index contributed by atoms with van der Waals surface area (Å²) in [7, 11) is 1.77. The molecule has 0 saturated heterocycles. The van der Waals surface area contributed by atoms with Gasteiger partial charge in [0.2, 0.25) is 0 Å². The van der Waals surface area contributed by atoms with Crippen molar-refractivity contribution < 1.29 is 4.79 Å². The van der Waals surface area contributed by atoms with Gasteiger partial charge in [-0.05, 0) is 37.6 Å². The zero-order valence-electron chi connectivity index (χ0n) is 11.9. The topological polar surface area (TPSA) is 64.2 Å². The number of nitrogens with zero attached hydrogens (tertiary/aromatic N) is 3. The summed E-state index contributed by atoms with van der Waals surface area (Å²) in [6.07, 6.45) is 2.39. The molecule has 0 unspecified atom stereocenters. The lowest BCUT2D eigenvalue weighted by atomic mass is 10.1. The number of carbonyl (C=O) groups excluding carboxylic acids is 1. The molecule has 0 radical (unpaired) electrons. The second-order valence-corrected chi connectivity index (χ2v) is 4.73. The summed E-state index contributed by atoms with van der Waals surface area (Å²) in [5.41, 5.74) is 8.15. The van der Waals surface area contributed by atoms with Crippen molar-refractivity contribution in [3.05, 3.63) is 47.8 Å². The van der Waals surface area contributed by atoms with Gasteiger partial charge in [0.1, 0.15) is 5.69 Å². The fourth-order valence-corrected chi connectivity index (χ4v) is 2.17. The monoisotopic (exact) mass is 272 g/mol. The zero-order chi connectivity index (χ0) is 14.5. The molecule has 5 nitrogen and oxygen atoms in total. The number of aryl methyl sites for hydroxylation is 2. The molecule has 2 aromatic rings. The van der Waals surface area contributed by atoms with Gasteiger partial charge in [0, 0.05) is 25.5 Å². The lowest BCUT2D eigenvalue weighted by Gasteiger charge is -2.24. The van der Waals surface area contributed by atoms with Gasteiger partial charge in [-0.1, -0.05) is 18.2 Å². The Morgan fingerprint density at radius 1 is 1.35 bits per heavy atom. The summed E-state index contributed by atoms with van der Waals surface area (Å²) >= 11 is 0. The van der Waals surface area contributed by atoms with E-state index in [-0.39, 0.29) is 5.91 Å². The predicted molar refractivity (Wildman–Crippen MR) is 79.7 cm³/mol. The number of benzene rings is 1. The fourth-order valence-electron chi connectivity index (χ4n) is 2.17. The maximum atomic E-state index is 12.7. The molecular weight excluding hydrogens is 252 g/mol. The first kappa shape index (κ1) is 14.3. The maximum absolute atomic E-state index is 12.7. The van der Waals surface area contributed by atoms with Crippen LogP contribution >= 0.6 is 0 Å². The Morgan fingerprint density at radius 3 is 2.70 bits per heavy atom. The van der Waals surface area contributed by atoms with Crippen molar-refractivity contribution in [3.8, 4) is 0 Å². The molecule has 0 aliphatic carbocycles. The summed E-state index contributed by atoms with van der Waals surface area (Å²) in [5.74, 6) is -0.0484. The van der Waals surface area contributed by atoms with Gasteiger partial charge in [-0.15, -0.1) is 0 Å². The summed E-state index contributed by atoms with van der Waals surface area (Å²) in [6.45, 7) is 3.16. The molecule has 0 bridgehead atoms. The second kappa shape index (κ2) is 6.34. The van der Waals surface area contributed by atoms with Crippen LogP contribution in [0.1, 0.15) is 22.5 Å². The number of anilines is 1. The third-order valence-electron chi connectivity index (χ3n) is 3.28. The van der Waals surface area contributed by atoms with Crippen LogP contribution in [0.3, 0.4) is 0 Å². The van der Waals surface area contributed by atoms with Crippen LogP contribution < -0.4 is 10.6 Å². The molecule has 20 heavy (non-hydrogen) atoms. The normalized spacial score (nSPS) is 10.6. The smallest absolute Gasteiger partial charge is 0.276 e. The minimum atomic E-state index is -0.0484. The summed E-state index contributed by atoms with van der Waals surface area (Å²) in [6, 6.07) is 9.60. The minimum absolute atomic E-state index is 0.0484. The number of nitrogens with two attached hydrogens (primary N) is 1. The molecule has 0 aliphatic heterocycles. The van der Waals surface area contributed by atoms with Gasteiger partial charge in [-0.3, -0.25) is 9.48 Å². The van der Waals surface area contributed by atoms with Crippen LogP contribution in [0.25, 0.3) is 0 Å². The summed E-state index contributed by atoms with van der Waals surface area (Å²) in [4.78, 5) is 14.5. The predicted octanol–water partition coefficient (Wildman–Crippen LogP) is 1.72. The van der Waals surface area contributed by atoms with Crippen LogP contribution in [0.4, 0.5) is 5.69 Å². The van der Waals surface area contributed by atoms with Crippen molar-refractivity contribution in [2.75, 3.05) is 18.0 Å². The molecule has 1 amide bonds. The Labute approximate surface area is 119 Å². The molecule has 1 aromatic heterocycles. The standard InChI is InChI=1S/C15H20N4O/c1-12-6-3-4-7-13(12)19(11-5-9-16)15(20)14-8-10-17-18(14)2/h3-4,6-8,10H,5,9,11,16H2,1-2H3. The van der Waals surface area contributed by atoms with E-state index in [1.165, 1.54) is 0 Å². The van der Waals surface area contributed by atoms with Crippen LogP contribution in [-0.2, 0) is 7.05 Å². The molecule has 0 saturated carbocycles. The third-order valence-corrected chi connectivity index (χ3v) is 3.28. The van der Waals surface area contributed by atoms with Crippen LogP contribution in [0, 0.1) is 6.92 Å². The summed E-state index contributed by atoms with van der Waals surface area (Å²) in [5, 5.41) is 4.06. The van der Waals surface area contributed by atoms with Crippen molar-refractivity contribution >= 4 is 11.6 Å². The van der Waals surface area contributed by atoms with Crippen molar-refractivity contribution in [2.24, 2.45) is 12.8 Å². The molecule has 1 heterocycles. The Bertz CT molecular complexity index is 591. The number of hydrogen-bond acceptors (Lipinski definition) is 3. The van der Waals surface area contributed by atoms with Crippen LogP contribution in [0.15, 0.2) is 36.5 Å². The fraction of sp³-hybridized carbons (Fsp3) is 0.333. The van der Waals surface area contributed by atoms with Crippen molar-refractivity contribution in [2.45, 2.75) is 13.3 Å². The number of amides is 1. The maximum Gasteiger partial charge on any atom is 0.276 e. The molecule has 0 aliphatic rings. The molecule has 2 N–H and O–H groups in total. The van der Waals surface area contributed by atoms with Crippen LogP contribution in [-0.4, -0.2) is 28.8 Å². The lowest BCUT2D eigenvalue weighted by Crippen LogP contribution is -2.34. The Morgan fingerprint density at radius 2 is 2.10 bits per heavy atom. The molecular formula is C15H20N4O. The molecule has 106 valence electrons. The van der Waals surface area contributed by atoms with Crippen LogP contribution in [0.5, 0.6) is 0 Å². The van der Waals surface area contributed by atoms with Gasteiger partial charge in [0.15, 0.2) is 0 Å². The van der Waals surface area contributed by atoms with Crippen LogP contribution in [0.2, 0.25) is 0 Å². The van der Waals surface area contributed by atoms with Crippen molar-refractivity contribution in [1.29, 1.82) is 0 Å². The molecule has 5 heteroatoms. The van der Waals surface area contributed by atoms with E-state index in [1.54, 1.807) is 28.9 Å². The number of hydrogen-bond donors (Lipinski definition) is 1. The van der Waals surface area contributed by atoms with E-state index in [0.717, 1.165) is 17.7 Å². The lowest BCUT2D eigenvalue weighted by molar-refractivity contribution is 0.0977. The van der Waals surface area contributed by atoms with E-state index < -0.39 is 0 Å². The SMILES string of the molecule is Cc1ccccc1N(CCCN)C(=O)c1ccnn1C. The quantitative estimate of drug-likeness (QED) is 0.901. The van der Waals surface area contributed by atoms with E-state index in [4.69, 9.17) is 5.73 Å². The van der Waals surface area contributed by atoms with Gasteiger partial charge in [0.25, 0.3) is 5.91 Å². The molecule has 0 fully saturated rings. The molecule has 0 atom stereocenters. The highest BCUT2D eigenvalue weighted by Gasteiger charge is 2.20. The number of rotatable bonds is 5. The Balaban J connectivity index is 2.35. The Kier molecular flexibility index (Phi) is 4.53. The van der Waals surface area contributed by atoms with E-state index in [1.807, 2.05) is 31.2 Å². The largest absolute Gasteiger partial charge is 0.330 e. The molecule has 1 aromatic carbocycles. The van der Waals surface area contributed by atoms with Gasteiger partial charge >= 0.3 is 0 Å². The average molecular weight is 272 g/mol. The van der Waals surface area contributed by atoms with E-state index >= 15 is 0 Å². The van der Waals surface area contributed by atoms with Gasteiger partial charge in [-0.2, -0.15) is 5.10 Å². The van der Waals surface area contributed by atoms with Crippen molar-refractivity contribution in [1.82, 2.24) is 9.78 Å². The Hall–Kier alpha value is -2.14. The van der Waals surface area contributed by atoms with Gasteiger partial charge in [0.05, 0.1) is 0 Å². The highest BCUT2D eigenvalue weighted by atomic mass is 16.2. The molecule has 0 spiro atoms. The van der Waals surface area contributed by atoms with E-state index in [9.17, 15) is 4.79 Å². The van der Waals surface area contributed by atoms with E-state index in [0.29, 0.717) is 18.8 Å². The first-order valence-corrected chi connectivity index (χ1v) is 6.70. The first-order chi connectivity index (χ1) is 9.65. The minimum Gasteiger partial charge on any atom is -0.330 e. The highest BCUT2D eigenvalue weighted by Crippen LogP contribution is 2.21. The van der Waals surface area contributed by atoms with E-state index in [2.05, 4.69) is 5.10 Å². The number of para-hydroxylation sites is 1.